The maximum atomic E-state index is 13.9. The van der Waals surface area contributed by atoms with Crippen molar-refractivity contribution >= 4 is 18.1 Å². The second-order valence-electron chi connectivity index (χ2n) is 13.4. The first-order valence-electron chi connectivity index (χ1n) is 15.1. The zero-order valence-electron chi connectivity index (χ0n) is 24.2. The number of fused-ring (bicyclic) bond motifs is 3. The van der Waals surface area contributed by atoms with Crippen molar-refractivity contribution in [3.05, 3.63) is 34.9 Å². The third-order valence-corrected chi connectivity index (χ3v) is 10.2. The molecule has 7 rings (SSSR count). The van der Waals surface area contributed by atoms with Gasteiger partial charge in [-0.15, -0.1) is 0 Å². The fourth-order valence-corrected chi connectivity index (χ4v) is 9.07. The molecule has 0 saturated heterocycles. The number of aliphatic hydroxyl groups is 2. The summed E-state index contributed by atoms with van der Waals surface area (Å²) in [5, 5.41) is 24.1. The van der Waals surface area contributed by atoms with Crippen LogP contribution < -0.4 is 14.8 Å². The van der Waals surface area contributed by atoms with Crippen LogP contribution in [0.15, 0.2) is 23.8 Å². The first kappa shape index (κ1) is 28.2. The highest BCUT2D eigenvalue weighted by Gasteiger charge is 2.55. The lowest BCUT2D eigenvalue weighted by Crippen LogP contribution is -2.60. The monoisotopic (exact) mass is 566 g/mol. The molecular weight excluding hydrogens is 524 g/mol. The second kappa shape index (κ2) is 10.7. The Balaban J connectivity index is 1.41. The largest absolute Gasteiger partial charge is 0.493 e. The maximum Gasteiger partial charge on any atom is 0.247 e. The third-order valence-electron chi connectivity index (χ3n) is 10.2. The van der Waals surface area contributed by atoms with Crippen molar-refractivity contribution in [3.63, 3.8) is 0 Å². The van der Waals surface area contributed by atoms with Crippen LogP contribution >= 0.6 is 0 Å². The fraction of sp³-hybridized carbons (Fsp3) is 0.656. The Labute approximate surface area is 241 Å². The van der Waals surface area contributed by atoms with Crippen molar-refractivity contribution in [2.75, 3.05) is 26.8 Å². The van der Waals surface area contributed by atoms with Crippen molar-refractivity contribution in [1.82, 2.24) is 10.2 Å². The molecule has 1 aromatic carbocycles. The summed E-state index contributed by atoms with van der Waals surface area (Å²) >= 11 is 0. The van der Waals surface area contributed by atoms with Gasteiger partial charge in [0, 0.05) is 35.7 Å². The zero-order chi connectivity index (χ0) is 29.1. The minimum absolute atomic E-state index is 0.0323. The van der Waals surface area contributed by atoms with E-state index in [1.165, 1.54) is 26.4 Å². The number of amides is 2. The van der Waals surface area contributed by atoms with E-state index in [-0.39, 0.29) is 30.4 Å². The van der Waals surface area contributed by atoms with E-state index < -0.39 is 30.1 Å². The Morgan fingerprint density at radius 2 is 1.83 bits per heavy atom. The summed E-state index contributed by atoms with van der Waals surface area (Å²) < 4.78 is 11.9. The molecule has 4 unspecified atom stereocenters. The van der Waals surface area contributed by atoms with Gasteiger partial charge in [0.15, 0.2) is 11.5 Å². The number of ether oxygens (including phenoxy) is 2. The number of carbonyl (C=O) groups excluding carboxylic acids is 3. The lowest BCUT2D eigenvalue weighted by atomic mass is 9.49. The van der Waals surface area contributed by atoms with E-state index in [9.17, 15) is 24.6 Å². The van der Waals surface area contributed by atoms with Gasteiger partial charge in [0.05, 0.1) is 25.7 Å². The van der Waals surface area contributed by atoms with E-state index in [1.54, 1.807) is 18.2 Å². The minimum Gasteiger partial charge on any atom is -0.493 e. The molecule has 0 aromatic heterocycles. The number of rotatable bonds is 9. The van der Waals surface area contributed by atoms with Gasteiger partial charge in [0.25, 0.3) is 0 Å². The van der Waals surface area contributed by atoms with E-state index in [2.05, 4.69) is 5.32 Å². The van der Waals surface area contributed by atoms with Crippen LogP contribution in [0, 0.1) is 29.1 Å². The summed E-state index contributed by atoms with van der Waals surface area (Å²) in [5.74, 6) is 1.46. The molecule has 9 heteroatoms. The minimum atomic E-state index is -1.11. The molecule has 5 aliphatic carbocycles. The van der Waals surface area contributed by atoms with Crippen LogP contribution in [-0.4, -0.2) is 78.3 Å². The van der Waals surface area contributed by atoms with E-state index in [4.69, 9.17) is 9.47 Å². The normalized spacial score (nSPS) is 34.4. The van der Waals surface area contributed by atoms with E-state index in [0.29, 0.717) is 58.8 Å². The van der Waals surface area contributed by atoms with Crippen LogP contribution in [0.2, 0.25) is 0 Å². The number of hydrogen-bond donors (Lipinski definition) is 3. The van der Waals surface area contributed by atoms with Crippen molar-refractivity contribution < 1.29 is 34.1 Å². The maximum absolute atomic E-state index is 13.9. The van der Waals surface area contributed by atoms with Gasteiger partial charge < -0.3 is 29.9 Å². The molecule has 1 aliphatic heterocycles. The molecule has 0 radical (unpaired) electrons. The van der Waals surface area contributed by atoms with E-state index >= 15 is 0 Å². The highest BCUT2D eigenvalue weighted by molar-refractivity contribution is 5.96. The second-order valence-corrected chi connectivity index (χ2v) is 13.4. The predicted octanol–water partition coefficient (Wildman–Crippen LogP) is 2.83. The molecular formula is C32H42N2O7. The highest BCUT2D eigenvalue weighted by Crippen LogP contribution is 2.60. The van der Waals surface area contributed by atoms with E-state index in [0.717, 1.165) is 19.3 Å². The summed E-state index contributed by atoms with van der Waals surface area (Å²) in [5.41, 5.74) is 1.34. The van der Waals surface area contributed by atoms with Gasteiger partial charge in [-0.3, -0.25) is 14.4 Å². The number of nitrogens with one attached hydrogen (secondary N) is 1. The first-order chi connectivity index (χ1) is 19.7. The third kappa shape index (κ3) is 4.84. The van der Waals surface area contributed by atoms with Gasteiger partial charge in [-0.25, -0.2) is 0 Å². The van der Waals surface area contributed by atoms with Gasteiger partial charge >= 0.3 is 0 Å². The average molecular weight is 567 g/mol. The topological polar surface area (TPSA) is 125 Å². The van der Waals surface area contributed by atoms with Crippen LogP contribution in [0.5, 0.6) is 11.5 Å². The van der Waals surface area contributed by atoms with Crippen molar-refractivity contribution in [2.45, 2.75) is 76.5 Å². The van der Waals surface area contributed by atoms with E-state index in [1.807, 2.05) is 18.7 Å². The number of carbonyl (C=O) groups is 3. The quantitative estimate of drug-likeness (QED) is 0.393. The van der Waals surface area contributed by atoms with Crippen LogP contribution in [0.25, 0.3) is 0 Å². The summed E-state index contributed by atoms with van der Waals surface area (Å²) in [4.78, 5) is 41.0. The highest BCUT2D eigenvalue weighted by atomic mass is 16.5. The lowest BCUT2D eigenvalue weighted by Gasteiger charge is -2.58. The molecule has 1 aromatic rings. The molecule has 1 heterocycles. The van der Waals surface area contributed by atoms with Gasteiger partial charge in [-0.05, 0) is 79.9 Å². The molecule has 222 valence electrons. The number of benzene rings is 1. The Kier molecular flexibility index (Phi) is 7.39. The molecule has 0 spiro atoms. The number of aliphatic hydroxyl groups excluding tert-OH is 2. The van der Waals surface area contributed by atoms with Gasteiger partial charge in [0.2, 0.25) is 11.8 Å². The van der Waals surface area contributed by atoms with Crippen LogP contribution in [0.3, 0.4) is 0 Å². The van der Waals surface area contributed by atoms with Crippen LogP contribution in [-0.2, 0) is 9.59 Å². The summed E-state index contributed by atoms with van der Waals surface area (Å²) in [7, 11) is 1.48. The number of hydrogen-bond acceptors (Lipinski definition) is 7. The Morgan fingerprint density at radius 1 is 1.17 bits per heavy atom. The molecule has 4 bridgehead atoms. The number of nitrogens with zero attached hydrogens (tertiary/aromatic N) is 1. The first-order valence-corrected chi connectivity index (χ1v) is 15.1. The van der Waals surface area contributed by atoms with Crippen molar-refractivity contribution in [1.29, 1.82) is 0 Å². The zero-order valence-corrected chi connectivity index (χ0v) is 24.2. The SMILES string of the molecule is COc1cc(C=O)cc2c1OC1C2C(C(=O)NCCO)=CC(N(CC23CC4CC(CC(C4)C2)C3)C(=O)C(C)C)C1O. The van der Waals surface area contributed by atoms with Crippen molar-refractivity contribution in [2.24, 2.45) is 29.1 Å². The van der Waals surface area contributed by atoms with Gasteiger partial charge in [0.1, 0.15) is 18.5 Å². The molecule has 41 heavy (non-hydrogen) atoms. The molecule has 4 saturated carbocycles. The van der Waals surface area contributed by atoms with Crippen molar-refractivity contribution in [3.8, 4) is 11.5 Å². The lowest BCUT2D eigenvalue weighted by molar-refractivity contribution is -0.148. The fourth-order valence-electron chi connectivity index (χ4n) is 9.07. The molecule has 4 atom stereocenters. The molecule has 2 amide bonds. The molecule has 3 N–H and O–H groups in total. The standard InChI is InChI=1S/C32H42N2O7/c1-17(2)31(39)34(16-32-12-18-6-19(13-32)8-20(7-18)14-32)24-11-23(30(38)33-4-5-35)26-22-9-21(15-36)10-25(40-3)28(22)41-29(26)27(24)37/h9-11,15,17-20,24,26-27,29,35,37H,4-8,12-14,16H2,1-3H3,(H,33,38). The molecule has 9 nitrogen and oxygen atoms in total. The molecule has 4 fully saturated rings. The summed E-state index contributed by atoms with van der Waals surface area (Å²) in [6.45, 7) is 4.15. The average Bonchev–Trinajstić information content (AvgIpc) is 3.33. The Morgan fingerprint density at radius 3 is 2.39 bits per heavy atom. The van der Waals surface area contributed by atoms with Gasteiger partial charge in [-0.1, -0.05) is 13.8 Å². The van der Waals surface area contributed by atoms with Gasteiger partial charge in [-0.2, -0.15) is 0 Å². The summed E-state index contributed by atoms with van der Waals surface area (Å²) in [6.07, 6.45) is 7.67. The smallest absolute Gasteiger partial charge is 0.247 e. The predicted molar refractivity (Wildman–Crippen MR) is 151 cm³/mol. The summed E-state index contributed by atoms with van der Waals surface area (Å²) in [6, 6.07) is 2.48. The Bertz CT molecular complexity index is 1220. The number of aldehydes is 1. The molecule has 6 aliphatic rings. The van der Waals surface area contributed by atoms with Crippen LogP contribution in [0.1, 0.15) is 74.2 Å². The van der Waals surface area contributed by atoms with Crippen LogP contribution in [0.4, 0.5) is 0 Å². The number of methoxy groups -OCH3 is 1. The Hall–Kier alpha value is -2.91.